The highest BCUT2D eigenvalue weighted by molar-refractivity contribution is 7.14. The fourth-order valence-corrected chi connectivity index (χ4v) is 3.90. The number of thiophene rings is 1. The molecular weight excluding hydrogens is 326 g/mol. The maximum atomic E-state index is 12.3. The number of hydrogen-bond acceptors (Lipinski definition) is 5. The van der Waals surface area contributed by atoms with Crippen LogP contribution in [0.25, 0.3) is 0 Å². The molecule has 2 heterocycles. The highest BCUT2D eigenvalue weighted by Crippen LogP contribution is 2.32. The average molecular weight is 347 g/mol. The number of carbonyl (C=O) groups is 2. The molecule has 0 saturated heterocycles. The van der Waals surface area contributed by atoms with Crippen molar-refractivity contribution >= 4 is 23.2 Å². The standard InChI is InChI=1S/C18H21NO4S/c1-11-5-6-15-13(8-11)9-16(24-15)18(21)23-12(2)17(20)19-10-14-4-3-7-22-14/h3-4,7,9,11-12H,5-6,8,10H2,1-2H3,(H,19,20)/t11-,12+/m1/s1. The van der Waals surface area contributed by atoms with Crippen LogP contribution in [0.4, 0.5) is 0 Å². The molecule has 2 aromatic rings. The first-order valence-corrected chi connectivity index (χ1v) is 8.97. The fourth-order valence-electron chi connectivity index (χ4n) is 2.81. The summed E-state index contributed by atoms with van der Waals surface area (Å²) in [6.07, 6.45) is 3.90. The molecule has 24 heavy (non-hydrogen) atoms. The number of furan rings is 1. The Morgan fingerprint density at radius 1 is 1.50 bits per heavy atom. The van der Waals surface area contributed by atoms with E-state index in [1.165, 1.54) is 21.8 Å². The lowest BCUT2D eigenvalue weighted by Gasteiger charge is -2.16. The van der Waals surface area contributed by atoms with E-state index in [-0.39, 0.29) is 12.5 Å². The fraction of sp³-hybridized carbons (Fsp3) is 0.444. The number of hydrogen-bond donors (Lipinski definition) is 1. The Hall–Kier alpha value is -2.08. The summed E-state index contributed by atoms with van der Waals surface area (Å²) < 4.78 is 10.4. The van der Waals surface area contributed by atoms with Crippen LogP contribution in [-0.2, 0) is 28.9 Å². The minimum atomic E-state index is -0.842. The monoisotopic (exact) mass is 347 g/mol. The minimum absolute atomic E-state index is 0.277. The van der Waals surface area contributed by atoms with Crippen molar-refractivity contribution in [2.75, 3.05) is 0 Å². The van der Waals surface area contributed by atoms with Crippen molar-refractivity contribution in [2.45, 2.75) is 45.8 Å². The highest BCUT2D eigenvalue weighted by atomic mass is 32.1. The molecule has 6 heteroatoms. The van der Waals surface area contributed by atoms with E-state index < -0.39 is 12.1 Å². The van der Waals surface area contributed by atoms with Gasteiger partial charge in [-0.1, -0.05) is 6.92 Å². The van der Waals surface area contributed by atoms with Gasteiger partial charge in [0.15, 0.2) is 6.10 Å². The van der Waals surface area contributed by atoms with Crippen LogP contribution in [0.5, 0.6) is 0 Å². The predicted octanol–water partition coefficient (Wildman–Crippen LogP) is 3.33. The highest BCUT2D eigenvalue weighted by Gasteiger charge is 2.24. The average Bonchev–Trinajstić information content (AvgIpc) is 3.21. The lowest BCUT2D eigenvalue weighted by molar-refractivity contribution is -0.129. The van der Waals surface area contributed by atoms with E-state index in [2.05, 4.69) is 12.2 Å². The minimum Gasteiger partial charge on any atom is -0.467 e. The van der Waals surface area contributed by atoms with Gasteiger partial charge in [0, 0.05) is 4.88 Å². The van der Waals surface area contributed by atoms with E-state index in [1.807, 2.05) is 6.07 Å². The van der Waals surface area contributed by atoms with Gasteiger partial charge in [0.05, 0.1) is 12.8 Å². The molecule has 1 aliphatic carbocycles. The first kappa shape index (κ1) is 16.8. The molecule has 3 rings (SSSR count). The van der Waals surface area contributed by atoms with Gasteiger partial charge in [-0.15, -0.1) is 11.3 Å². The van der Waals surface area contributed by atoms with E-state index in [0.29, 0.717) is 16.6 Å². The molecule has 128 valence electrons. The molecule has 5 nitrogen and oxygen atoms in total. The lowest BCUT2D eigenvalue weighted by atomic mass is 9.90. The van der Waals surface area contributed by atoms with Crippen LogP contribution in [-0.4, -0.2) is 18.0 Å². The molecule has 2 aromatic heterocycles. The molecule has 0 unspecified atom stereocenters. The number of esters is 1. The Morgan fingerprint density at radius 3 is 3.08 bits per heavy atom. The lowest BCUT2D eigenvalue weighted by Crippen LogP contribution is -2.35. The topological polar surface area (TPSA) is 68.5 Å². The molecule has 1 amide bonds. The summed E-state index contributed by atoms with van der Waals surface area (Å²) in [7, 11) is 0. The maximum Gasteiger partial charge on any atom is 0.349 e. The molecule has 0 fully saturated rings. The normalized spacial score (nSPS) is 17.8. The third kappa shape index (κ3) is 3.87. The van der Waals surface area contributed by atoms with Crippen LogP contribution in [0.3, 0.4) is 0 Å². The van der Waals surface area contributed by atoms with E-state index in [4.69, 9.17) is 9.15 Å². The molecule has 0 bridgehead atoms. The van der Waals surface area contributed by atoms with Gasteiger partial charge < -0.3 is 14.5 Å². The van der Waals surface area contributed by atoms with Crippen molar-refractivity contribution in [1.82, 2.24) is 5.32 Å². The first-order valence-electron chi connectivity index (χ1n) is 8.15. The second-order valence-electron chi connectivity index (χ2n) is 6.25. The molecule has 1 N–H and O–H groups in total. The summed E-state index contributed by atoms with van der Waals surface area (Å²) in [5, 5.41) is 2.69. The summed E-state index contributed by atoms with van der Waals surface area (Å²) in [6.45, 7) is 4.08. The quantitative estimate of drug-likeness (QED) is 0.843. The zero-order valence-electron chi connectivity index (χ0n) is 13.8. The summed E-state index contributed by atoms with van der Waals surface area (Å²) in [5.41, 5.74) is 1.25. The SMILES string of the molecule is C[C@@H]1CCc2sc(C(=O)O[C@@H](C)C(=O)NCc3ccco3)cc2C1. The Bertz CT molecular complexity index is 719. The van der Waals surface area contributed by atoms with Crippen LogP contribution >= 0.6 is 11.3 Å². The van der Waals surface area contributed by atoms with E-state index >= 15 is 0 Å². The van der Waals surface area contributed by atoms with Crippen molar-refractivity contribution in [1.29, 1.82) is 0 Å². The van der Waals surface area contributed by atoms with Crippen molar-refractivity contribution in [3.05, 3.63) is 45.5 Å². The Balaban J connectivity index is 1.55. The maximum absolute atomic E-state index is 12.3. The molecular formula is C18H21NO4S. The Labute approximate surface area is 145 Å². The molecule has 0 radical (unpaired) electrons. The van der Waals surface area contributed by atoms with Gasteiger partial charge in [0.2, 0.25) is 0 Å². The second kappa shape index (κ2) is 7.21. The predicted molar refractivity (Wildman–Crippen MR) is 90.9 cm³/mol. The zero-order valence-corrected chi connectivity index (χ0v) is 14.7. The van der Waals surface area contributed by atoms with Gasteiger partial charge in [-0.05, 0) is 55.9 Å². The number of aryl methyl sites for hydroxylation is 1. The van der Waals surface area contributed by atoms with Crippen LogP contribution in [0, 0.1) is 5.92 Å². The van der Waals surface area contributed by atoms with E-state index in [1.54, 1.807) is 25.3 Å². The molecule has 1 aliphatic rings. The molecule has 2 atom stereocenters. The van der Waals surface area contributed by atoms with Crippen LogP contribution in [0.15, 0.2) is 28.9 Å². The van der Waals surface area contributed by atoms with Gasteiger partial charge in [-0.2, -0.15) is 0 Å². The van der Waals surface area contributed by atoms with Crippen LogP contribution < -0.4 is 5.32 Å². The van der Waals surface area contributed by atoms with Crippen LogP contribution in [0.1, 0.15) is 46.1 Å². The van der Waals surface area contributed by atoms with Crippen molar-refractivity contribution in [2.24, 2.45) is 5.92 Å². The third-order valence-electron chi connectivity index (χ3n) is 4.20. The van der Waals surface area contributed by atoms with Gasteiger partial charge in [-0.3, -0.25) is 4.79 Å². The Kier molecular flexibility index (Phi) is 5.04. The van der Waals surface area contributed by atoms with Gasteiger partial charge in [0.25, 0.3) is 5.91 Å². The summed E-state index contributed by atoms with van der Waals surface area (Å²) in [5.74, 6) is 0.543. The third-order valence-corrected chi connectivity index (χ3v) is 5.42. The van der Waals surface area contributed by atoms with Crippen molar-refractivity contribution in [3.8, 4) is 0 Å². The first-order chi connectivity index (χ1) is 11.5. The molecule has 0 aliphatic heterocycles. The smallest absolute Gasteiger partial charge is 0.349 e. The molecule has 0 spiro atoms. The van der Waals surface area contributed by atoms with Gasteiger partial charge in [0.1, 0.15) is 10.6 Å². The number of carbonyl (C=O) groups excluding carboxylic acids is 2. The number of fused-ring (bicyclic) bond motifs is 1. The number of nitrogens with one attached hydrogen (secondary N) is 1. The largest absolute Gasteiger partial charge is 0.467 e. The number of amides is 1. The number of rotatable bonds is 5. The summed E-state index contributed by atoms with van der Waals surface area (Å²) in [4.78, 5) is 26.2. The van der Waals surface area contributed by atoms with Crippen molar-refractivity contribution in [3.63, 3.8) is 0 Å². The van der Waals surface area contributed by atoms with Gasteiger partial charge >= 0.3 is 5.97 Å². The Morgan fingerprint density at radius 2 is 2.33 bits per heavy atom. The van der Waals surface area contributed by atoms with E-state index in [9.17, 15) is 9.59 Å². The van der Waals surface area contributed by atoms with Crippen LogP contribution in [0.2, 0.25) is 0 Å². The molecule has 0 aromatic carbocycles. The second-order valence-corrected chi connectivity index (χ2v) is 7.39. The molecule has 0 saturated carbocycles. The zero-order chi connectivity index (χ0) is 17.1. The number of ether oxygens (including phenoxy) is 1. The summed E-state index contributed by atoms with van der Waals surface area (Å²) >= 11 is 1.49. The summed E-state index contributed by atoms with van der Waals surface area (Å²) in [6, 6.07) is 5.45. The van der Waals surface area contributed by atoms with E-state index in [0.717, 1.165) is 19.3 Å². The van der Waals surface area contributed by atoms with Crippen molar-refractivity contribution < 1.29 is 18.7 Å². The van der Waals surface area contributed by atoms with Gasteiger partial charge in [-0.25, -0.2) is 4.79 Å².